The van der Waals surface area contributed by atoms with E-state index < -0.39 is 0 Å². The number of nitrogens with zero attached hydrogens (tertiary/aromatic N) is 4. The number of aromatic nitrogens is 2. The molecule has 0 unspecified atom stereocenters. The summed E-state index contributed by atoms with van der Waals surface area (Å²) < 4.78 is 0. The Bertz CT molecular complexity index is 422. The monoisotopic (exact) mass is 275 g/mol. The molecule has 0 aliphatic carbocycles. The summed E-state index contributed by atoms with van der Waals surface area (Å²) in [5, 5.41) is 3.58. The second-order valence-electron chi connectivity index (χ2n) is 6.03. The van der Waals surface area contributed by atoms with E-state index in [1.807, 2.05) is 0 Å². The van der Waals surface area contributed by atoms with Gasteiger partial charge in [-0.3, -0.25) is 0 Å². The summed E-state index contributed by atoms with van der Waals surface area (Å²) in [6, 6.07) is 2.67. The molecule has 2 aliphatic rings. The second kappa shape index (κ2) is 6.39. The van der Waals surface area contributed by atoms with Crippen molar-refractivity contribution in [2.24, 2.45) is 0 Å². The van der Waals surface area contributed by atoms with Gasteiger partial charge in [0.2, 0.25) is 0 Å². The molecule has 5 heteroatoms. The largest absolute Gasteiger partial charge is 0.367 e. The highest BCUT2D eigenvalue weighted by molar-refractivity contribution is 5.49. The molecule has 5 nitrogen and oxygen atoms in total. The normalized spacial score (nSPS) is 21.9. The highest BCUT2D eigenvalue weighted by Gasteiger charge is 2.18. The summed E-state index contributed by atoms with van der Waals surface area (Å²) in [6.07, 6.45) is 7.99. The quantitative estimate of drug-likeness (QED) is 0.913. The maximum absolute atomic E-state index is 4.43. The van der Waals surface area contributed by atoms with Crippen LogP contribution in [0.5, 0.6) is 0 Å². The minimum atomic E-state index is 0.551. The summed E-state index contributed by atoms with van der Waals surface area (Å²) in [4.78, 5) is 13.6. The van der Waals surface area contributed by atoms with E-state index in [0.29, 0.717) is 6.04 Å². The van der Waals surface area contributed by atoms with Crippen molar-refractivity contribution >= 4 is 11.6 Å². The van der Waals surface area contributed by atoms with Crippen LogP contribution in [0.1, 0.15) is 32.1 Å². The summed E-state index contributed by atoms with van der Waals surface area (Å²) >= 11 is 0. The molecule has 2 saturated heterocycles. The lowest BCUT2D eigenvalue weighted by Gasteiger charge is -2.30. The Morgan fingerprint density at radius 1 is 1.05 bits per heavy atom. The second-order valence-corrected chi connectivity index (χ2v) is 6.03. The smallest absolute Gasteiger partial charge is 0.134 e. The van der Waals surface area contributed by atoms with Crippen molar-refractivity contribution in [3.8, 4) is 0 Å². The van der Waals surface area contributed by atoms with Gasteiger partial charge in [0, 0.05) is 25.2 Å². The summed E-state index contributed by atoms with van der Waals surface area (Å²) in [5.41, 5.74) is 0. The maximum Gasteiger partial charge on any atom is 0.134 e. The van der Waals surface area contributed by atoms with E-state index >= 15 is 0 Å². The molecule has 2 fully saturated rings. The molecule has 0 amide bonds. The molecule has 20 heavy (non-hydrogen) atoms. The van der Waals surface area contributed by atoms with E-state index in [4.69, 9.17) is 0 Å². The number of rotatable bonds is 3. The number of likely N-dealkylation sites (tertiary alicyclic amines) is 1. The van der Waals surface area contributed by atoms with Crippen molar-refractivity contribution in [2.75, 3.05) is 43.4 Å². The van der Waals surface area contributed by atoms with Gasteiger partial charge >= 0.3 is 0 Å². The lowest BCUT2D eigenvalue weighted by Crippen LogP contribution is -2.37. The Morgan fingerprint density at radius 3 is 2.55 bits per heavy atom. The van der Waals surface area contributed by atoms with Crippen LogP contribution in [0.2, 0.25) is 0 Å². The lowest BCUT2D eigenvalue weighted by molar-refractivity contribution is 0.263. The van der Waals surface area contributed by atoms with Crippen LogP contribution in [0.3, 0.4) is 0 Å². The van der Waals surface area contributed by atoms with Gasteiger partial charge < -0.3 is 15.1 Å². The predicted molar refractivity (Wildman–Crippen MR) is 82.2 cm³/mol. The van der Waals surface area contributed by atoms with Crippen LogP contribution in [0.15, 0.2) is 12.4 Å². The van der Waals surface area contributed by atoms with E-state index in [-0.39, 0.29) is 0 Å². The molecular formula is C15H25N5. The number of hydrogen-bond donors (Lipinski definition) is 1. The molecule has 2 aliphatic heterocycles. The van der Waals surface area contributed by atoms with E-state index in [0.717, 1.165) is 24.7 Å². The molecule has 1 aromatic heterocycles. The minimum Gasteiger partial charge on any atom is -0.367 e. The van der Waals surface area contributed by atoms with Gasteiger partial charge in [0.1, 0.15) is 18.0 Å². The fraction of sp³-hybridized carbons (Fsp3) is 0.733. The molecular weight excluding hydrogens is 250 g/mol. The van der Waals surface area contributed by atoms with Crippen molar-refractivity contribution in [1.82, 2.24) is 14.9 Å². The lowest BCUT2D eigenvalue weighted by atomic mass is 10.1. The van der Waals surface area contributed by atoms with Gasteiger partial charge in [-0.05, 0) is 52.2 Å². The zero-order chi connectivity index (χ0) is 13.8. The molecule has 110 valence electrons. The fourth-order valence-electron chi connectivity index (χ4n) is 3.08. The van der Waals surface area contributed by atoms with Crippen molar-refractivity contribution in [3.63, 3.8) is 0 Å². The van der Waals surface area contributed by atoms with Gasteiger partial charge in [-0.15, -0.1) is 0 Å². The molecule has 1 aromatic rings. The Balaban J connectivity index is 1.62. The molecule has 0 atom stereocenters. The standard InChI is InChI=1S/C15H25N5/c1-19-9-5-13(6-10-19)18-14-11-15(17-12-16-14)20-7-3-2-4-8-20/h11-13H,2-10H2,1H3,(H,16,17,18). The van der Waals surface area contributed by atoms with Gasteiger partial charge in [0.15, 0.2) is 0 Å². The molecule has 0 radical (unpaired) electrons. The maximum atomic E-state index is 4.43. The number of nitrogens with one attached hydrogen (secondary N) is 1. The van der Waals surface area contributed by atoms with E-state index in [2.05, 4.69) is 38.2 Å². The van der Waals surface area contributed by atoms with Gasteiger partial charge in [0.05, 0.1) is 0 Å². The number of hydrogen-bond acceptors (Lipinski definition) is 5. The van der Waals surface area contributed by atoms with Crippen LogP contribution in [0.25, 0.3) is 0 Å². The van der Waals surface area contributed by atoms with Crippen LogP contribution in [-0.2, 0) is 0 Å². The average Bonchev–Trinajstić information content (AvgIpc) is 2.51. The zero-order valence-electron chi connectivity index (χ0n) is 12.4. The number of anilines is 2. The van der Waals surface area contributed by atoms with Crippen LogP contribution >= 0.6 is 0 Å². The molecule has 3 heterocycles. The first-order valence-corrected chi connectivity index (χ1v) is 7.83. The van der Waals surface area contributed by atoms with E-state index in [1.165, 1.54) is 45.2 Å². The van der Waals surface area contributed by atoms with Crippen molar-refractivity contribution in [2.45, 2.75) is 38.1 Å². The highest BCUT2D eigenvalue weighted by atomic mass is 15.2. The topological polar surface area (TPSA) is 44.3 Å². The molecule has 3 rings (SSSR count). The SMILES string of the molecule is CN1CCC(Nc2cc(N3CCCCC3)ncn2)CC1. The van der Waals surface area contributed by atoms with Gasteiger partial charge in [-0.2, -0.15) is 0 Å². The third-order valence-corrected chi connectivity index (χ3v) is 4.40. The highest BCUT2D eigenvalue weighted by Crippen LogP contribution is 2.20. The molecule has 1 N–H and O–H groups in total. The number of piperidine rings is 2. The van der Waals surface area contributed by atoms with Gasteiger partial charge in [-0.1, -0.05) is 0 Å². The van der Waals surface area contributed by atoms with E-state index in [9.17, 15) is 0 Å². The Kier molecular flexibility index (Phi) is 4.35. The third kappa shape index (κ3) is 3.39. The van der Waals surface area contributed by atoms with Crippen molar-refractivity contribution < 1.29 is 0 Å². The third-order valence-electron chi connectivity index (χ3n) is 4.40. The van der Waals surface area contributed by atoms with Crippen LogP contribution in [-0.4, -0.2) is 54.1 Å². The van der Waals surface area contributed by atoms with E-state index in [1.54, 1.807) is 6.33 Å². The first-order valence-electron chi connectivity index (χ1n) is 7.83. The van der Waals surface area contributed by atoms with Gasteiger partial charge in [0.25, 0.3) is 0 Å². The summed E-state index contributed by atoms with van der Waals surface area (Å²) in [7, 11) is 2.19. The molecule has 0 aromatic carbocycles. The Morgan fingerprint density at radius 2 is 1.80 bits per heavy atom. The van der Waals surface area contributed by atoms with Gasteiger partial charge in [-0.25, -0.2) is 9.97 Å². The first-order chi connectivity index (χ1) is 9.81. The molecule has 0 spiro atoms. The average molecular weight is 275 g/mol. The van der Waals surface area contributed by atoms with Crippen molar-refractivity contribution in [3.05, 3.63) is 12.4 Å². The Labute approximate surface area is 121 Å². The van der Waals surface area contributed by atoms with Crippen molar-refractivity contribution in [1.29, 1.82) is 0 Å². The van der Waals surface area contributed by atoms with Crippen LogP contribution in [0.4, 0.5) is 11.6 Å². The molecule has 0 bridgehead atoms. The Hall–Kier alpha value is -1.36. The first kappa shape index (κ1) is 13.6. The summed E-state index contributed by atoms with van der Waals surface area (Å²) in [5.74, 6) is 2.06. The van der Waals surface area contributed by atoms with Crippen LogP contribution in [0, 0.1) is 0 Å². The fourth-order valence-corrected chi connectivity index (χ4v) is 3.08. The predicted octanol–water partition coefficient (Wildman–Crippen LogP) is 1.97. The summed E-state index contributed by atoms with van der Waals surface area (Å²) in [6.45, 7) is 4.60. The molecule has 0 saturated carbocycles. The minimum absolute atomic E-state index is 0.551. The zero-order valence-corrected chi connectivity index (χ0v) is 12.4. The van der Waals surface area contributed by atoms with Crippen LogP contribution < -0.4 is 10.2 Å².